The van der Waals surface area contributed by atoms with Gasteiger partial charge in [0.2, 0.25) is 5.91 Å². The monoisotopic (exact) mass is 552 g/mol. The maximum absolute atomic E-state index is 13.6. The second-order valence-corrected chi connectivity index (χ2v) is 12.0. The molecule has 2 N–H and O–H groups in total. The molecule has 0 bridgehead atoms. The first-order chi connectivity index (χ1) is 19.8. The summed E-state index contributed by atoms with van der Waals surface area (Å²) < 4.78 is 5.49. The van der Waals surface area contributed by atoms with Crippen molar-refractivity contribution >= 4 is 16.8 Å². The minimum absolute atomic E-state index is 0.167. The highest BCUT2D eigenvalue weighted by molar-refractivity contribution is 5.94. The number of hydrogen-bond acceptors (Lipinski definition) is 4. The Morgan fingerprint density at radius 2 is 1.68 bits per heavy atom. The van der Waals surface area contributed by atoms with Gasteiger partial charge in [-0.15, -0.1) is 0 Å². The summed E-state index contributed by atoms with van der Waals surface area (Å²) in [5.41, 5.74) is 9.13. The first-order valence-electron chi connectivity index (χ1n) is 15.0. The predicted octanol–water partition coefficient (Wildman–Crippen LogP) is 6.14. The van der Waals surface area contributed by atoms with E-state index < -0.39 is 5.41 Å². The standard InChI is InChI=1S/C35H44N4O2/c1-25-21-26(2)23-28(22-25)33-30(12-16-36-13-6-5-7-27-10-14-37-15-11-27)31-24-29(8-9-32(31)38-33)35(3,4)34(40)39-17-19-41-20-18-39/h8-11,14-15,21-24,36,38H,5-7,12-13,16-20H2,1-4H3. The maximum atomic E-state index is 13.6. The number of carbonyl (C=O) groups is 1. The van der Waals surface area contributed by atoms with E-state index in [1.165, 1.54) is 38.9 Å². The molecule has 4 aromatic rings. The van der Waals surface area contributed by atoms with E-state index in [-0.39, 0.29) is 5.91 Å². The molecule has 0 unspecified atom stereocenters. The van der Waals surface area contributed by atoms with Crippen LogP contribution in [0.1, 0.15) is 54.5 Å². The molecule has 1 aliphatic rings. The molecule has 6 heteroatoms. The van der Waals surface area contributed by atoms with Crippen LogP contribution in [0.15, 0.2) is 60.9 Å². The number of aryl methyl sites for hydroxylation is 3. The van der Waals surface area contributed by atoms with Crippen molar-refractivity contribution in [3.8, 4) is 11.3 Å². The predicted molar refractivity (Wildman–Crippen MR) is 167 cm³/mol. The Morgan fingerprint density at radius 1 is 0.951 bits per heavy atom. The number of ether oxygens (including phenoxy) is 1. The molecule has 1 amide bonds. The number of amides is 1. The highest BCUT2D eigenvalue weighted by Gasteiger charge is 2.35. The van der Waals surface area contributed by atoms with Gasteiger partial charge in [0.1, 0.15) is 0 Å². The van der Waals surface area contributed by atoms with Gasteiger partial charge in [0.15, 0.2) is 0 Å². The number of aromatic nitrogens is 2. The lowest BCUT2D eigenvalue weighted by molar-refractivity contribution is -0.140. The van der Waals surface area contributed by atoms with Crippen LogP contribution in [-0.4, -0.2) is 60.2 Å². The number of hydrogen-bond donors (Lipinski definition) is 2. The fourth-order valence-corrected chi connectivity index (χ4v) is 6.01. The Morgan fingerprint density at radius 3 is 2.41 bits per heavy atom. The van der Waals surface area contributed by atoms with E-state index in [0.29, 0.717) is 26.3 Å². The molecule has 2 aromatic heterocycles. The van der Waals surface area contributed by atoms with Crippen LogP contribution < -0.4 is 5.32 Å². The molecule has 216 valence electrons. The Bertz CT molecular complexity index is 1450. The number of carbonyl (C=O) groups excluding carboxylic acids is 1. The smallest absolute Gasteiger partial charge is 0.232 e. The van der Waals surface area contributed by atoms with Gasteiger partial charge in [-0.25, -0.2) is 0 Å². The van der Waals surface area contributed by atoms with Gasteiger partial charge in [-0.3, -0.25) is 9.78 Å². The topological polar surface area (TPSA) is 70.2 Å². The molecule has 0 spiro atoms. The molecule has 1 aliphatic heterocycles. The number of rotatable bonds is 11. The lowest BCUT2D eigenvalue weighted by Crippen LogP contribution is -2.48. The molecule has 1 saturated heterocycles. The van der Waals surface area contributed by atoms with E-state index in [9.17, 15) is 4.79 Å². The number of fused-ring (bicyclic) bond motifs is 1. The number of aromatic amines is 1. The van der Waals surface area contributed by atoms with Crippen molar-refractivity contribution in [1.29, 1.82) is 0 Å². The SMILES string of the molecule is Cc1cc(C)cc(-c2[nH]c3ccc(C(C)(C)C(=O)N4CCOCC4)cc3c2CCNCCCCc2ccncc2)c1. The number of benzene rings is 2. The fourth-order valence-electron chi connectivity index (χ4n) is 6.01. The molecule has 1 fully saturated rings. The van der Waals surface area contributed by atoms with E-state index in [2.05, 4.69) is 91.5 Å². The molecular formula is C35H44N4O2. The Kier molecular flexibility index (Phi) is 9.21. The summed E-state index contributed by atoms with van der Waals surface area (Å²) in [6.07, 6.45) is 8.04. The average Bonchev–Trinajstić information content (AvgIpc) is 3.34. The van der Waals surface area contributed by atoms with Crippen LogP contribution in [0.5, 0.6) is 0 Å². The number of morpholine rings is 1. The van der Waals surface area contributed by atoms with Gasteiger partial charge in [0.05, 0.1) is 18.6 Å². The summed E-state index contributed by atoms with van der Waals surface area (Å²) in [5, 5.41) is 4.89. The summed E-state index contributed by atoms with van der Waals surface area (Å²) in [5.74, 6) is 0.167. The fraction of sp³-hybridized carbons (Fsp3) is 0.429. The maximum Gasteiger partial charge on any atom is 0.232 e. The average molecular weight is 553 g/mol. The number of nitrogens with one attached hydrogen (secondary N) is 2. The molecule has 2 aromatic carbocycles. The molecule has 41 heavy (non-hydrogen) atoms. The van der Waals surface area contributed by atoms with E-state index in [0.717, 1.165) is 49.9 Å². The van der Waals surface area contributed by atoms with Crippen LogP contribution in [0.25, 0.3) is 22.2 Å². The van der Waals surface area contributed by atoms with Gasteiger partial charge in [0.25, 0.3) is 0 Å². The zero-order valence-electron chi connectivity index (χ0n) is 25.1. The van der Waals surface area contributed by atoms with Crippen LogP contribution in [0, 0.1) is 13.8 Å². The van der Waals surface area contributed by atoms with Crippen molar-refractivity contribution < 1.29 is 9.53 Å². The highest BCUT2D eigenvalue weighted by Crippen LogP contribution is 2.35. The summed E-state index contributed by atoms with van der Waals surface area (Å²) in [7, 11) is 0. The third-order valence-electron chi connectivity index (χ3n) is 8.34. The van der Waals surface area contributed by atoms with Gasteiger partial charge < -0.3 is 19.9 Å². The van der Waals surface area contributed by atoms with Crippen molar-refractivity contribution in [3.63, 3.8) is 0 Å². The Hall–Kier alpha value is -3.48. The van der Waals surface area contributed by atoms with Crippen LogP contribution in [0.3, 0.4) is 0 Å². The van der Waals surface area contributed by atoms with Crippen LogP contribution >= 0.6 is 0 Å². The lowest BCUT2D eigenvalue weighted by Gasteiger charge is -2.34. The van der Waals surface area contributed by atoms with Gasteiger partial charge in [-0.2, -0.15) is 0 Å². The summed E-state index contributed by atoms with van der Waals surface area (Å²) >= 11 is 0. The van der Waals surface area contributed by atoms with Crippen molar-refractivity contribution in [1.82, 2.24) is 20.2 Å². The first-order valence-corrected chi connectivity index (χ1v) is 15.0. The van der Waals surface area contributed by atoms with Crippen molar-refractivity contribution in [2.75, 3.05) is 39.4 Å². The molecule has 0 saturated carbocycles. The normalized spacial score (nSPS) is 14.1. The largest absolute Gasteiger partial charge is 0.378 e. The summed E-state index contributed by atoms with van der Waals surface area (Å²) in [4.78, 5) is 23.4. The Labute approximate surface area is 244 Å². The zero-order valence-corrected chi connectivity index (χ0v) is 25.1. The zero-order chi connectivity index (χ0) is 28.8. The number of unbranched alkanes of at least 4 members (excludes halogenated alkanes) is 1. The molecule has 0 radical (unpaired) electrons. The second-order valence-electron chi connectivity index (χ2n) is 12.0. The third kappa shape index (κ3) is 6.88. The van der Waals surface area contributed by atoms with Crippen molar-refractivity contribution in [2.45, 2.75) is 58.8 Å². The molecule has 0 atom stereocenters. The van der Waals surface area contributed by atoms with Crippen molar-refractivity contribution in [3.05, 3.63) is 88.7 Å². The third-order valence-corrected chi connectivity index (χ3v) is 8.34. The van der Waals surface area contributed by atoms with Gasteiger partial charge in [-0.05, 0) is 125 Å². The molecule has 0 aliphatic carbocycles. The van der Waals surface area contributed by atoms with E-state index in [1.807, 2.05) is 17.3 Å². The van der Waals surface area contributed by atoms with Crippen LogP contribution in [-0.2, 0) is 27.8 Å². The number of H-pyrrole nitrogens is 1. The van der Waals surface area contributed by atoms with E-state index in [1.54, 1.807) is 0 Å². The van der Waals surface area contributed by atoms with E-state index >= 15 is 0 Å². The first kappa shape index (κ1) is 29.0. The van der Waals surface area contributed by atoms with Crippen LogP contribution in [0.4, 0.5) is 0 Å². The summed E-state index contributed by atoms with van der Waals surface area (Å²) in [6.45, 7) is 12.9. The summed E-state index contributed by atoms with van der Waals surface area (Å²) in [6, 6.07) is 17.5. The minimum Gasteiger partial charge on any atom is -0.378 e. The highest BCUT2D eigenvalue weighted by atomic mass is 16.5. The minimum atomic E-state index is -0.618. The van der Waals surface area contributed by atoms with E-state index in [4.69, 9.17) is 4.74 Å². The van der Waals surface area contributed by atoms with Gasteiger partial charge >= 0.3 is 0 Å². The van der Waals surface area contributed by atoms with Crippen LogP contribution in [0.2, 0.25) is 0 Å². The number of nitrogens with zero attached hydrogens (tertiary/aromatic N) is 2. The molecule has 6 nitrogen and oxygen atoms in total. The Balaban J connectivity index is 1.36. The number of pyridine rings is 1. The van der Waals surface area contributed by atoms with Gasteiger partial charge in [0, 0.05) is 42.1 Å². The molecular weight excluding hydrogens is 508 g/mol. The lowest BCUT2D eigenvalue weighted by atomic mass is 9.82. The molecule has 3 heterocycles. The second kappa shape index (κ2) is 13.0. The quantitative estimate of drug-likeness (QED) is 0.219. The van der Waals surface area contributed by atoms with Crippen molar-refractivity contribution in [2.24, 2.45) is 0 Å². The van der Waals surface area contributed by atoms with Gasteiger partial charge in [-0.1, -0.05) is 23.3 Å². The molecule has 5 rings (SSSR count).